The molecule has 0 unspecified atom stereocenters. The van der Waals surface area contributed by atoms with Crippen molar-refractivity contribution in [1.29, 1.82) is 0 Å². The lowest BCUT2D eigenvalue weighted by Gasteiger charge is -2.16. The first-order valence-corrected chi connectivity index (χ1v) is 11.3. The zero-order valence-electron chi connectivity index (χ0n) is 19.8. The number of hydrogen-bond acceptors (Lipinski definition) is 5. The number of aromatic nitrogens is 5. The monoisotopic (exact) mass is 452 g/mol. The largest absolute Gasteiger partial charge is 0.389 e. The van der Waals surface area contributed by atoms with Crippen LogP contribution in [0.3, 0.4) is 0 Å². The lowest BCUT2D eigenvalue weighted by molar-refractivity contribution is 0.0577. The van der Waals surface area contributed by atoms with Crippen LogP contribution in [0, 0.1) is 6.92 Å². The molecule has 0 radical (unpaired) electrons. The van der Waals surface area contributed by atoms with Crippen molar-refractivity contribution in [3.05, 3.63) is 79.1 Å². The maximum atomic E-state index is 10.1. The second kappa shape index (κ2) is 8.43. The van der Waals surface area contributed by atoms with Gasteiger partial charge in [-0.1, -0.05) is 24.3 Å². The van der Waals surface area contributed by atoms with Crippen LogP contribution in [0.2, 0.25) is 0 Å². The molecular weight excluding hydrogens is 424 g/mol. The summed E-state index contributed by atoms with van der Waals surface area (Å²) in [4.78, 5) is 8.96. The summed E-state index contributed by atoms with van der Waals surface area (Å²) in [7, 11) is 2.02. The Balaban J connectivity index is 1.37. The van der Waals surface area contributed by atoms with Crippen LogP contribution in [-0.4, -0.2) is 35.0 Å². The van der Waals surface area contributed by atoms with Crippen LogP contribution in [0.5, 0.6) is 0 Å². The molecule has 0 fully saturated rings. The molecule has 5 rings (SSSR count). The predicted molar refractivity (Wildman–Crippen MR) is 136 cm³/mol. The fraction of sp³-hybridized carbons (Fsp3) is 0.222. The van der Waals surface area contributed by atoms with E-state index in [-0.39, 0.29) is 0 Å². The highest BCUT2D eigenvalue weighted by Gasteiger charge is 2.14. The highest BCUT2D eigenvalue weighted by Crippen LogP contribution is 2.27. The minimum atomic E-state index is -0.812. The Bertz CT molecular complexity index is 1460. The first-order valence-electron chi connectivity index (χ1n) is 11.3. The number of hydrogen-bond donors (Lipinski definition) is 2. The topological polar surface area (TPSA) is 80.8 Å². The summed E-state index contributed by atoms with van der Waals surface area (Å²) in [6.45, 7) is 5.99. The van der Waals surface area contributed by atoms with Crippen molar-refractivity contribution < 1.29 is 5.11 Å². The Labute approximate surface area is 198 Å². The maximum Gasteiger partial charge on any atom is 0.130 e. The molecule has 0 bridgehead atoms. The average molecular weight is 453 g/mol. The summed E-state index contributed by atoms with van der Waals surface area (Å²) in [6.07, 6.45) is 7.57. The molecule has 0 spiro atoms. The van der Waals surface area contributed by atoms with Crippen LogP contribution in [0.1, 0.15) is 19.7 Å². The number of fused-ring (bicyclic) bond motifs is 1. The number of rotatable bonds is 6. The lowest BCUT2D eigenvalue weighted by Crippen LogP contribution is -2.26. The second-order valence-corrected chi connectivity index (χ2v) is 9.32. The Morgan fingerprint density at radius 1 is 0.882 bits per heavy atom. The molecule has 0 atom stereocenters. The molecule has 7 heteroatoms. The molecule has 2 N–H and O–H groups in total. The van der Waals surface area contributed by atoms with E-state index in [1.54, 1.807) is 18.5 Å². The highest BCUT2D eigenvalue weighted by atomic mass is 16.3. The normalized spacial score (nSPS) is 11.8. The number of nitrogens with zero attached hydrogens (tertiary/aromatic N) is 5. The third-order valence-electron chi connectivity index (χ3n) is 5.91. The van der Waals surface area contributed by atoms with Gasteiger partial charge < -0.3 is 15.0 Å². The van der Waals surface area contributed by atoms with Crippen molar-refractivity contribution >= 4 is 22.3 Å². The zero-order valence-corrected chi connectivity index (χ0v) is 19.8. The predicted octanol–water partition coefficient (Wildman–Crippen LogP) is 5.32. The minimum Gasteiger partial charge on any atom is -0.389 e. The molecule has 3 heterocycles. The summed E-state index contributed by atoms with van der Waals surface area (Å²) in [6, 6.07) is 16.6. The molecule has 0 aliphatic rings. The van der Waals surface area contributed by atoms with Crippen LogP contribution < -0.4 is 5.32 Å². The summed E-state index contributed by atoms with van der Waals surface area (Å²) in [5.41, 5.74) is 4.45. The van der Waals surface area contributed by atoms with Gasteiger partial charge in [-0.3, -0.25) is 4.68 Å². The van der Waals surface area contributed by atoms with Gasteiger partial charge in [0.15, 0.2) is 0 Å². The Hall–Kier alpha value is -3.97. The standard InChI is InChI=1S/C27H28N6O/c1-18-28-15-25(32(18)4)19-7-9-24(10-8-19)31-26-12-22-11-20(5-6-21(22)13-29-26)23-14-30-33(16-23)17-27(2,3)34/h5-16,34H,17H2,1-4H3,(H,29,31). The van der Waals surface area contributed by atoms with Crippen molar-refractivity contribution in [2.75, 3.05) is 5.32 Å². The lowest BCUT2D eigenvalue weighted by atomic mass is 10.0. The number of aryl methyl sites for hydroxylation is 1. The quantitative estimate of drug-likeness (QED) is 0.364. The Morgan fingerprint density at radius 3 is 2.35 bits per heavy atom. The average Bonchev–Trinajstić information content (AvgIpc) is 3.39. The molecular formula is C27H28N6O. The number of anilines is 2. The number of benzene rings is 2. The van der Waals surface area contributed by atoms with E-state index in [0.717, 1.165) is 50.5 Å². The molecule has 0 aliphatic heterocycles. The zero-order chi connectivity index (χ0) is 23.9. The highest BCUT2D eigenvalue weighted by molar-refractivity contribution is 5.88. The first kappa shape index (κ1) is 21.9. The van der Waals surface area contributed by atoms with Gasteiger partial charge in [0.2, 0.25) is 0 Å². The fourth-order valence-corrected chi connectivity index (χ4v) is 4.03. The van der Waals surface area contributed by atoms with Crippen LogP contribution >= 0.6 is 0 Å². The molecule has 5 aromatic rings. The van der Waals surface area contributed by atoms with E-state index in [1.165, 1.54) is 0 Å². The first-order chi connectivity index (χ1) is 16.2. The number of pyridine rings is 1. The van der Waals surface area contributed by atoms with E-state index in [4.69, 9.17) is 0 Å². The fourth-order valence-electron chi connectivity index (χ4n) is 4.03. The smallest absolute Gasteiger partial charge is 0.130 e. The van der Waals surface area contributed by atoms with Gasteiger partial charge in [-0.2, -0.15) is 5.10 Å². The Kier molecular flexibility index (Phi) is 5.42. The van der Waals surface area contributed by atoms with Gasteiger partial charge in [0.25, 0.3) is 0 Å². The molecule has 0 aliphatic carbocycles. The van der Waals surface area contributed by atoms with E-state index < -0.39 is 5.60 Å². The van der Waals surface area contributed by atoms with Gasteiger partial charge in [-0.05, 0) is 61.5 Å². The molecule has 0 saturated carbocycles. The van der Waals surface area contributed by atoms with Crippen molar-refractivity contribution in [2.24, 2.45) is 7.05 Å². The van der Waals surface area contributed by atoms with Gasteiger partial charge in [0.1, 0.15) is 11.6 Å². The summed E-state index contributed by atoms with van der Waals surface area (Å²) < 4.78 is 3.86. The van der Waals surface area contributed by atoms with Crippen molar-refractivity contribution in [3.8, 4) is 22.4 Å². The van der Waals surface area contributed by atoms with Gasteiger partial charge >= 0.3 is 0 Å². The van der Waals surface area contributed by atoms with Crippen LogP contribution in [0.25, 0.3) is 33.2 Å². The van der Waals surface area contributed by atoms with Crippen molar-refractivity contribution in [2.45, 2.75) is 32.9 Å². The van der Waals surface area contributed by atoms with E-state index in [9.17, 15) is 5.11 Å². The van der Waals surface area contributed by atoms with Gasteiger partial charge in [0, 0.05) is 36.1 Å². The van der Waals surface area contributed by atoms with Crippen LogP contribution in [0.15, 0.2) is 73.3 Å². The van der Waals surface area contributed by atoms with Crippen molar-refractivity contribution in [1.82, 2.24) is 24.3 Å². The van der Waals surface area contributed by atoms with Gasteiger partial charge in [-0.25, -0.2) is 9.97 Å². The number of imidazole rings is 1. The molecule has 0 amide bonds. The summed E-state index contributed by atoms with van der Waals surface area (Å²) >= 11 is 0. The molecule has 172 valence electrons. The maximum absolute atomic E-state index is 10.1. The number of nitrogens with one attached hydrogen (secondary N) is 1. The van der Waals surface area contributed by atoms with E-state index in [2.05, 4.69) is 73.5 Å². The third kappa shape index (κ3) is 4.56. The SMILES string of the molecule is Cc1ncc(-c2ccc(Nc3cc4cc(-c5cnn(CC(C)(C)O)c5)ccc4cn3)cc2)n1C. The molecule has 3 aromatic heterocycles. The van der Waals surface area contributed by atoms with E-state index >= 15 is 0 Å². The van der Waals surface area contributed by atoms with Gasteiger partial charge in [-0.15, -0.1) is 0 Å². The van der Waals surface area contributed by atoms with Gasteiger partial charge in [0.05, 0.1) is 30.2 Å². The van der Waals surface area contributed by atoms with E-state index in [0.29, 0.717) is 6.54 Å². The third-order valence-corrected chi connectivity index (χ3v) is 5.91. The molecule has 34 heavy (non-hydrogen) atoms. The molecule has 0 saturated heterocycles. The minimum absolute atomic E-state index is 0.442. The van der Waals surface area contributed by atoms with Crippen LogP contribution in [0.4, 0.5) is 11.5 Å². The summed E-state index contributed by atoms with van der Waals surface area (Å²) in [5, 5.41) is 20.0. The number of aliphatic hydroxyl groups is 1. The molecule has 7 nitrogen and oxygen atoms in total. The van der Waals surface area contributed by atoms with E-state index in [1.807, 2.05) is 38.8 Å². The molecule has 2 aromatic carbocycles. The second-order valence-electron chi connectivity index (χ2n) is 9.32. The van der Waals surface area contributed by atoms with Crippen LogP contribution in [-0.2, 0) is 13.6 Å². The van der Waals surface area contributed by atoms with Crippen molar-refractivity contribution in [3.63, 3.8) is 0 Å². The summed E-state index contributed by atoms with van der Waals surface area (Å²) in [5.74, 6) is 1.77. The Morgan fingerprint density at radius 2 is 1.65 bits per heavy atom.